The number of carbonyl (C=O) groups is 1. The molecule has 0 spiro atoms. The number of ether oxygens (including phenoxy) is 4. The van der Waals surface area contributed by atoms with Gasteiger partial charge in [0.2, 0.25) is 0 Å². The molecule has 2 fully saturated rings. The molecular formula is C43H56N2NaO9P. The molecule has 0 bridgehead atoms. The van der Waals surface area contributed by atoms with Gasteiger partial charge in [0.05, 0.1) is 57.2 Å². The van der Waals surface area contributed by atoms with Crippen LogP contribution in [0.15, 0.2) is 103 Å². The quantitative estimate of drug-likeness (QED) is 0.0568. The van der Waals surface area contributed by atoms with Crippen molar-refractivity contribution in [1.29, 1.82) is 0 Å². The van der Waals surface area contributed by atoms with Crippen molar-refractivity contribution in [3.63, 3.8) is 0 Å². The van der Waals surface area contributed by atoms with E-state index in [1.807, 2.05) is 74.6 Å². The molecule has 0 saturated carbocycles. The Hall–Kier alpha value is -2.90. The van der Waals surface area contributed by atoms with E-state index in [2.05, 4.69) is 46.4 Å². The van der Waals surface area contributed by atoms with Crippen molar-refractivity contribution in [2.75, 3.05) is 52.9 Å². The van der Waals surface area contributed by atoms with E-state index in [4.69, 9.17) is 33.1 Å². The number of benzene rings is 2. The Morgan fingerprint density at radius 3 is 1.68 bits per heavy atom. The van der Waals surface area contributed by atoms with Gasteiger partial charge in [-0.3, -0.25) is 19.3 Å². The number of allylic oxidation sites excluding steroid dienone is 1. The number of rotatable bonds is 17. The van der Waals surface area contributed by atoms with Gasteiger partial charge in [-0.05, 0) is 94.3 Å². The molecule has 56 heavy (non-hydrogen) atoms. The van der Waals surface area contributed by atoms with Crippen molar-refractivity contribution in [3.8, 4) is 22.5 Å². The second-order valence-corrected chi connectivity index (χ2v) is 14.3. The number of aldehydes is 1. The molecule has 298 valence electrons. The number of nitrogens with zero attached hydrogens (tertiary/aromatic N) is 2. The van der Waals surface area contributed by atoms with Crippen LogP contribution in [0.25, 0.3) is 28.6 Å². The normalized spacial score (nSPS) is 14.1. The fraction of sp³-hybridized carbons (Fsp3) is 0.419. The summed E-state index contributed by atoms with van der Waals surface area (Å²) in [5.41, 5.74) is 5.89. The Morgan fingerprint density at radius 2 is 1.20 bits per heavy atom. The first kappa shape index (κ1) is 49.2. The van der Waals surface area contributed by atoms with Crippen LogP contribution in [0, 0.1) is 0 Å². The van der Waals surface area contributed by atoms with Crippen molar-refractivity contribution in [3.05, 3.63) is 115 Å². The number of pyridine rings is 2. The van der Waals surface area contributed by atoms with Crippen molar-refractivity contribution >= 4 is 20.0 Å². The maximum absolute atomic E-state index is 12.1. The Labute approximate surface area is 355 Å². The molecule has 0 radical (unpaired) electrons. The first-order valence-electron chi connectivity index (χ1n) is 18.9. The summed E-state index contributed by atoms with van der Waals surface area (Å²) in [4.78, 5) is 19.2. The number of unbranched alkanes of at least 4 members (excludes halogenated alkanes) is 2. The zero-order valence-electron chi connectivity index (χ0n) is 33.3. The van der Waals surface area contributed by atoms with Gasteiger partial charge in [0, 0.05) is 29.1 Å². The van der Waals surface area contributed by atoms with Gasteiger partial charge < -0.3 is 33.1 Å². The van der Waals surface area contributed by atoms with E-state index in [0.717, 1.165) is 87.6 Å². The van der Waals surface area contributed by atoms with Gasteiger partial charge in [0.25, 0.3) is 0 Å². The number of carbonyl (C=O) groups excluding carboxylic acids is 1. The monoisotopic (exact) mass is 798 g/mol. The molecule has 4 aromatic rings. The summed E-state index contributed by atoms with van der Waals surface area (Å²) in [5, 5.41) is 8.25. The van der Waals surface area contributed by atoms with Crippen molar-refractivity contribution in [2.45, 2.75) is 65.0 Å². The zero-order valence-corrected chi connectivity index (χ0v) is 36.2. The molecule has 2 saturated heterocycles. The molecule has 0 unspecified atom stereocenters. The van der Waals surface area contributed by atoms with E-state index in [0.29, 0.717) is 38.2 Å². The van der Waals surface area contributed by atoms with Gasteiger partial charge in [-0.2, -0.15) is 7.11 Å². The van der Waals surface area contributed by atoms with Crippen LogP contribution in [0.4, 0.5) is 0 Å². The number of aromatic nitrogens is 2. The average Bonchev–Trinajstić information content (AvgIpc) is 3.97. The maximum atomic E-state index is 12.1. The summed E-state index contributed by atoms with van der Waals surface area (Å²) in [6.45, 7) is 7.33. The van der Waals surface area contributed by atoms with Crippen LogP contribution < -0.4 is 34.7 Å². The topological polar surface area (TPSA) is 138 Å². The third kappa shape index (κ3) is 19.5. The first-order valence-corrected chi connectivity index (χ1v) is 20.6. The van der Waals surface area contributed by atoms with E-state index < -0.39 is 7.60 Å². The van der Waals surface area contributed by atoms with Gasteiger partial charge in [-0.15, -0.1) is 0 Å². The van der Waals surface area contributed by atoms with Crippen LogP contribution in [-0.2, 0) is 32.6 Å². The third-order valence-corrected chi connectivity index (χ3v) is 10.3. The Kier molecular flexibility index (Phi) is 26.6. The fourth-order valence-corrected chi connectivity index (χ4v) is 7.32. The molecule has 2 aliphatic heterocycles. The summed E-state index contributed by atoms with van der Waals surface area (Å²) in [7, 11) is -2.11. The molecule has 2 aromatic heterocycles. The second-order valence-electron chi connectivity index (χ2n) is 12.1. The van der Waals surface area contributed by atoms with Crippen molar-refractivity contribution < 1.29 is 72.0 Å². The van der Waals surface area contributed by atoms with Crippen LogP contribution in [0.3, 0.4) is 0 Å². The third-order valence-electron chi connectivity index (χ3n) is 8.11. The SMILES string of the molecule is C(=C\c1cccc(-c2ccccn2)c1)/CCCC1OCCO1.CCOP(=O)(CCCCC1OCCO1)OCC.C[O-].O=Cc1cccc(-c2ccccn2)c1.[Na+]. The summed E-state index contributed by atoms with van der Waals surface area (Å²) >= 11 is 0. The van der Waals surface area contributed by atoms with Crippen LogP contribution in [0.2, 0.25) is 0 Å². The molecule has 2 aliphatic rings. The second kappa shape index (κ2) is 30.2. The molecule has 4 heterocycles. The molecule has 0 aliphatic carbocycles. The van der Waals surface area contributed by atoms with Gasteiger partial charge in [-0.25, -0.2) is 0 Å². The van der Waals surface area contributed by atoms with E-state index in [-0.39, 0.29) is 42.1 Å². The zero-order chi connectivity index (χ0) is 39.4. The molecule has 6 rings (SSSR count). The van der Waals surface area contributed by atoms with Crippen LogP contribution in [0.5, 0.6) is 0 Å². The van der Waals surface area contributed by atoms with E-state index >= 15 is 0 Å². The van der Waals surface area contributed by atoms with Crippen LogP contribution in [-0.4, -0.2) is 81.7 Å². The molecule has 2 aromatic carbocycles. The van der Waals surface area contributed by atoms with Crippen molar-refractivity contribution in [1.82, 2.24) is 9.97 Å². The molecule has 11 nitrogen and oxygen atoms in total. The number of hydrogen-bond donors (Lipinski definition) is 0. The predicted octanol–water partition coefficient (Wildman–Crippen LogP) is 5.64. The first-order chi connectivity index (χ1) is 27.0. The fourth-order valence-electron chi connectivity index (χ4n) is 5.59. The standard InChI is InChI=1S/C19H21NO2.C12H9NO.C11H23O5P.CH3O.Na/c1(3-11-19-21-13-14-22-19)2-7-16-8-6-9-17(15-16)18-10-4-5-12-20-18;14-9-10-4-3-5-11(8-10)12-6-1-2-7-13-12;1-3-15-17(12,16-4-2)10-6-5-7-11-13-8-9-14-11;1-2;/h2,4-10,12,15,19H,1,3,11,13-14H2;1-9H;11H,3-10H2,1-2H3;1H3;/q;;;-1;+1/b7-2+;;;;. The largest absolute Gasteiger partial charge is 1.00 e. The van der Waals surface area contributed by atoms with Gasteiger partial charge in [0.1, 0.15) is 6.29 Å². The Morgan fingerprint density at radius 1 is 0.696 bits per heavy atom. The average molecular weight is 799 g/mol. The van der Waals surface area contributed by atoms with Gasteiger partial charge in [0.15, 0.2) is 12.6 Å². The minimum Gasteiger partial charge on any atom is -0.857 e. The summed E-state index contributed by atoms with van der Waals surface area (Å²) in [5.74, 6) is 0. The van der Waals surface area contributed by atoms with E-state index in [9.17, 15) is 9.36 Å². The summed E-state index contributed by atoms with van der Waals surface area (Å²) in [6.07, 6.45) is 14.9. The summed E-state index contributed by atoms with van der Waals surface area (Å²) < 4.78 is 44.0. The predicted molar refractivity (Wildman–Crippen MR) is 215 cm³/mol. The van der Waals surface area contributed by atoms with Crippen LogP contribution in [0.1, 0.15) is 68.3 Å². The molecular weight excluding hydrogens is 742 g/mol. The Balaban J connectivity index is 0.000000288. The Bertz CT molecular complexity index is 1660. The minimum atomic E-state index is -2.86. The molecule has 0 N–H and O–H groups in total. The van der Waals surface area contributed by atoms with Crippen molar-refractivity contribution in [2.24, 2.45) is 0 Å². The van der Waals surface area contributed by atoms with E-state index in [1.165, 1.54) is 5.56 Å². The van der Waals surface area contributed by atoms with Crippen LogP contribution >= 0.6 is 7.60 Å². The van der Waals surface area contributed by atoms with E-state index in [1.54, 1.807) is 12.3 Å². The number of hydrogen-bond acceptors (Lipinski definition) is 11. The molecule has 0 atom stereocenters. The maximum Gasteiger partial charge on any atom is 1.00 e. The molecule has 0 amide bonds. The summed E-state index contributed by atoms with van der Waals surface area (Å²) in [6, 6.07) is 27.5. The molecule has 13 heteroatoms. The van der Waals surface area contributed by atoms with Gasteiger partial charge >= 0.3 is 37.2 Å². The van der Waals surface area contributed by atoms with Gasteiger partial charge in [-0.1, -0.05) is 60.7 Å². The minimum absolute atomic E-state index is 0. The smallest absolute Gasteiger partial charge is 0.857 e.